The van der Waals surface area contributed by atoms with Gasteiger partial charge in [-0.05, 0) is 19.1 Å². The highest BCUT2D eigenvalue weighted by Crippen LogP contribution is 2.20. The molecule has 2 aromatic rings. The molecule has 21 heavy (non-hydrogen) atoms. The second-order valence-electron chi connectivity index (χ2n) is 4.28. The van der Waals surface area contributed by atoms with Gasteiger partial charge in [0.2, 0.25) is 5.69 Å². The first-order valence-electron chi connectivity index (χ1n) is 6.22. The standard InChI is InChI=1S/C14H15N3O4/c1-9(13(15)18)21-14(19)12-11(20-2)8-17(16-12)10-6-4-3-5-7-10/h3-9H,1-2H3,(H2,15,18). The van der Waals surface area contributed by atoms with Crippen LogP contribution in [0.15, 0.2) is 36.5 Å². The van der Waals surface area contributed by atoms with Gasteiger partial charge in [-0.15, -0.1) is 0 Å². The maximum Gasteiger partial charge on any atom is 0.363 e. The zero-order chi connectivity index (χ0) is 15.4. The van der Waals surface area contributed by atoms with E-state index in [9.17, 15) is 9.59 Å². The number of nitrogens with two attached hydrogens (primary N) is 1. The number of aromatic nitrogens is 2. The minimum absolute atomic E-state index is 0.0190. The summed E-state index contributed by atoms with van der Waals surface area (Å²) in [6, 6.07) is 9.21. The summed E-state index contributed by atoms with van der Waals surface area (Å²) in [5.41, 5.74) is 5.80. The molecule has 7 heteroatoms. The number of amides is 1. The van der Waals surface area contributed by atoms with E-state index in [1.165, 1.54) is 18.7 Å². The lowest BCUT2D eigenvalue weighted by Crippen LogP contribution is -2.30. The minimum atomic E-state index is -1.04. The molecule has 1 aromatic heterocycles. The Morgan fingerprint density at radius 3 is 2.52 bits per heavy atom. The molecule has 2 rings (SSSR count). The van der Waals surface area contributed by atoms with Gasteiger partial charge in [-0.3, -0.25) is 4.79 Å². The van der Waals surface area contributed by atoms with Crippen molar-refractivity contribution >= 4 is 11.9 Å². The molecule has 0 spiro atoms. The van der Waals surface area contributed by atoms with Gasteiger partial charge >= 0.3 is 5.97 Å². The van der Waals surface area contributed by atoms with Crippen molar-refractivity contribution in [1.82, 2.24) is 9.78 Å². The summed E-state index contributed by atoms with van der Waals surface area (Å²) in [4.78, 5) is 22.9. The van der Waals surface area contributed by atoms with E-state index in [0.29, 0.717) is 0 Å². The van der Waals surface area contributed by atoms with E-state index in [1.807, 2.05) is 30.3 Å². The average molecular weight is 289 g/mol. The summed E-state index contributed by atoms with van der Waals surface area (Å²) in [6.07, 6.45) is 0.519. The van der Waals surface area contributed by atoms with Crippen LogP contribution in [0.2, 0.25) is 0 Å². The molecule has 1 aromatic carbocycles. The second-order valence-corrected chi connectivity index (χ2v) is 4.28. The number of rotatable bonds is 5. The highest BCUT2D eigenvalue weighted by Gasteiger charge is 2.23. The molecule has 0 saturated carbocycles. The summed E-state index contributed by atoms with van der Waals surface area (Å²) in [5.74, 6) is -1.25. The molecule has 0 aliphatic rings. The maximum atomic E-state index is 12.0. The van der Waals surface area contributed by atoms with Crippen LogP contribution >= 0.6 is 0 Å². The zero-order valence-electron chi connectivity index (χ0n) is 11.6. The van der Waals surface area contributed by atoms with Crippen LogP contribution in [-0.2, 0) is 9.53 Å². The summed E-state index contributed by atoms with van der Waals surface area (Å²) in [7, 11) is 1.42. The van der Waals surface area contributed by atoms with Gasteiger partial charge in [-0.1, -0.05) is 18.2 Å². The van der Waals surface area contributed by atoms with Crippen LogP contribution < -0.4 is 10.5 Å². The van der Waals surface area contributed by atoms with Crippen molar-refractivity contribution in [2.45, 2.75) is 13.0 Å². The van der Waals surface area contributed by atoms with Crippen LogP contribution in [0.25, 0.3) is 5.69 Å². The Balaban J connectivity index is 2.30. The van der Waals surface area contributed by atoms with Crippen molar-refractivity contribution in [2.24, 2.45) is 5.73 Å². The van der Waals surface area contributed by atoms with Crippen LogP contribution in [0, 0.1) is 0 Å². The Morgan fingerprint density at radius 2 is 1.95 bits per heavy atom. The van der Waals surface area contributed by atoms with Crippen molar-refractivity contribution in [3.05, 3.63) is 42.2 Å². The lowest BCUT2D eigenvalue weighted by molar-refractivity contribution is -0.125. The average Bonchev–Trinajstić information content (AvgIpc) is 2.92. The number of ether oxygens (including phenoxy) is 2. The fraction of sp³-hybridized carbons (Fsp3) is 0.214. The number of hydrogen-bond acceptors (Lipinski definition) is 5. The summed E-state index contributed by atoms with van der Waals surface area (Å²) < 4.78 is 11.5. The van der Waals surface area contributed by atoms with Gasteiger partial charge < -0.3 is 15.2 Å². The lowest BCUT2D eigenvalue weighted by Gasteiger charge is -2.08. The van der Waals surface area contributed by atoms with Crippen molar-refractivity contribution in [3.63, 3.8) is 0 Å². The lowest BCUT2D eigenvalue weighted by atomic mass is 10.3. The first-order chi connectivity index (χ1) is 10.0. The maximum absolute atomic E-state index is 12.0. The van der Waals surface area contributed by atoms with Crippen LogP contribution in [0.1, 0.15) is 17.4 Å². The van der Waals surface area contributed by atoms with E-state index in [0.717, 1.165) is 5.69 Å². The number of benzene rings is 1. The number of methoxy groups -OCH3 is 1. The zero-order valence-corrected chi connectivity index (χ0v) is 11.6. The van der Waals surface area contributed by atoms with Gasteiger partial charge in [0.15, 0.2) is 11.9 Å². The van der Waals surface area contributed by atoms with Crippen molar-refractivity contribution in [2.75, 3.05) is 7.11 Å². The van der Waals surface area contributed by atoms with Gasteiger partial charge in [-0.2, -0.15) is 5.10 Å². The molecule has 110 valence electrons. The van der Waals surface area contributed by atoms with E-state index in [1.54, 1.807) is 6.20 Å². The Bertz CT molecular complexity index is 651. The van der Waals surface area contributed by atoms with Crippen molar-refractivity contribution in [1.29, 1.82) is 0 Å². The third-order valence-electron chi connectivity index (χ3n) is 2.80. The number of primary amides is 1. The highest BCUT2D eigenvalue weighted by atomic mass is 16.5. The molecule has 1 amide bonds. The molecule has 7 nitrogen and oxygen atoms in total. The summed E-state index contributed by atoms with van der Waals surface area (Å²) in [5, 5.41) is 4.13. The fourth-order valence-corrected chi connectivity index (χ4v) is 1.64. The Morgan fingerprint density at radius 1 is 1.29 bits per heavy atom. The molecule has 0 aliphatic heterocycles. The van der Waals surface area contributed by atoms with Gasteiger partial charge in [0.25, 0.3) is 5.91 Å². The fourth-order valence-electron chi connectivity index (χ4n) is 1.64. The number of carbonyl (C=O) groups is 2. The molecule has 1 heterocycles. The molecule has 2 N–H and O–H groups in total. The highest BCUT2D eigenvalue weighted by molar-refractivity contribution is 5.92. The third-order valence-corrected chi connectivity index (χ3v) is 2.80. The quantitative estimate of drug-likeness (QED) is 0.825. The van der Waals surface area contributed by atoms with E-state index in [2.05, 4.69) is 5.10 Å². The van der Waals surface area contributed by atoms with Gasteiger partial charge in [0.05, 0.1) is 19.0 Å². The summed E-state index contributed by atoms with van der Waals surface area (Å²) >= 11 is 0. The van der Waals surface area contributed by atoms with Crippen molar-refractivity contribution < 1.29 is 19.1 Å². The Labute approximate surface area is 121 Å². The molecule has 0 aliphatic carbocycles. The van der Waals surface area contributed by atoms with Gasteiger partial charge in [0.1, 0.15) is 0 Å². The van der Waals surface area contributed by atoms with E-state index in [4.69, 9.17) is 15.2 Å². The van der Waals surface area contributed by atoms with Crippen molar-refractivity contribution in [3.8, 4) is 11.4 Å². The summed E-state index contributed by atoms with van der Waals surface area (Å²) in [6.45, 7) is 1.39. The molecule has 0 radical (unpaired) electrons. The predicted octanol–water partition coefficient (Wildman–Crippen LogP) is 0.911. The van der Waals surface area contributed by atoms with E-state index in [-0.39, 0.29) is 11.4 Å². The molecule has 1 atom stereocenters. The predicted molar refractivity (Wildman–Crippen MR) is 74.2 cm³/mol. The first-order valence-corrected chi connectivity index (χ1v) is 6.22. The largest absolute Gasteiger partial charge is 0.493 e. The van der Waals surface area contributed by atoms with Crippen LogP contribution in [0.4, 0.5) is 0 Å². The van der Waals surface area contributed by atoms with Crippen LogP contribution in [0.3, 0.4) is 0 Å². The number of para-hydroxylation sites is 1. The van der Waals surface area contributed by atoms with E-state index < -0.39 is 18.0 Å². The number of carbonyl (C=O) groups excluding carboxylic acids is 2. The molecule has 1 unspecified atom stereocenters. The SMILES string of the molecule is COc1cn(-c2ccccc2)nc1C(=O)OC(C)C(N)=O. The number of hydrogen-bond donors (Lipinski definition) is 1. The van der Waals surface area contributed by atoms with E-state index >= 15 is 0 Å². The molecular weight excluding hydrogens is 274 g/mol. The topological polar surface area (TPSA) is 96.4 Å². The molecule has 0 fully saturated rings. The molecule has 0 bridgehead atoms. The number of nitrogens with zero attached hydrogens (tertiary/aromatic N) is 2. The smallest absolute Gasteiger partial charge is 0.363 e. The Kier molecular flexibility index (Phi) is 4.22. The molecular formula is C14H15N3O4. The molecule has 0 saturated heterocycles. The monoisotopic (exact) mass is 289 g/mol. The first kappa shape index (κ1) is 14.6. The second kappa shape index (κ2) is 6.08. The van der Waals surface area contributed by atoms with Gasteiger partial charge in [-0.25, -0.2) is 9.48 Å². The number of esters is 1. The van der Waals surface area contributed by atoms with Gasteiger partial charge in [0, 0.05) is 0 Å². The Hall–Kier alpha value is -2.83. The van der Waals surface area contributed by atoms with Crippen LogP contribution in [0.5, 0.6) is 5.75 Å². The third kappa shape index (κ3) is 3.19. The van der Waals surface area contributed by atoms with Crippen LogP contribution in [-0.4, -0.2) is 34.9 Å². The normalized spacial score (nSPS) is 11.7. The minimum Gasteiger partial charge on any atom is -0.493 e.